The summed E-state index contributed by atoms with van der Waals surface area (Å²) in [5.41, 5.74) is 1.25. The largest absolute Gasteiger partial charge is 0.354 e. The van der Waals surface area contributed by atoms with E-state index in [1.165, 1.54) is 11.3 Å². The molecule has 0 spiro atoms. The summed E-state index contributed by atoms with van der Waals surface area (Å²) in [6.07, 6.45) is 1.89. The average molecular weight is 301 g/mol. The van der Waals surface area contributed by atoms with Gasteiger partial charge in [0.2, 0.25) is 0 Å². The Morgan fingerprint density at radius 2 is 2.25 bits per heavy atom. The standard InChI is InChI=1S/C12H17BrN2S/c1-9-6-10(13)7-14-11(9)15-4-5-16-12(2,3)8-15/h6-7H,4-5,8H2,1-3H3. The Hall–Kier alpha value is -0.220. The van der Waals surface area contributed by atoms with E-state index in [9.17, 15) is 0 Å². The Morgan fingerprint density at radius 3 is 2.88 bits per heavy atom. The molecule has 1 aliphatic heterocycles. The summed E-state index contributed by atoms with van der Waals surface area (Å²) in [5, 5.41) is 0. The number of anilines is 1. The number of hydrogen-bond acceptors (Lipinski definition) is 3. The number of thioether (sulfide) groups is 1. The van der Waals surface area contributed by atoms with Crippen LogP contribution in [0, 0.1) is 6.92 Å². The molecular formula is C12H17BrN2S. The smallest absolute Gasteiger partial charge is 0.131 e. The molecule has 0 unspecified atom stereocenters. The lowest BCUT2D eigenvalue weighted by atomic mass is 10.1. The molecule has 2 rings (SSSR count). The summed E-state index contributed by atoms with van der Waals surface area (Å²) in [5.74, 6) is 2.32. The highest BCUT2D eigenvalue weighted by Gasteiger charge is 2.28. The number of nitrogens with zero attached hydrogens (tertiary/aromatic N) is 2. The number of pyridine rings is 1. The fourth-order valence-corrected chi connectivity index (χ4v) is 3.62. The van der Waals surface area contributed by atoms with Gasteiger partial charge in [0.1, 0.15) is 5.82 Å². The van der Waals surface area contributed by atoms with Crippen molar-refractivity contribution >= 4 is 33.5 Å². The molecule has 0 aliphatic carbocycles. The van der Waals surface area contributed by atoms with Crippen LogP contribution in [0.3, 0.4) is 0 Å². The van der Waals surface area contributed by atoms with E-state index in [4.69, 9.17) is 0 Å². The van der Waals surface area contributed by atoms with Crippen LogP contribution in [0.2, 0.25) is 0 Å². The highest BCUT2D eigenvalue weighted by Crippen LogP contribution is 2.32. The van der Waals surface area contributed by atoms with Gasteiger partial charge >= 0.3 is 0 Å². The van der Waals surface area contributed by atoms with Crippen molar-refractivity contribution in [2.24, 2.45) is 0 Å². The summed E-state index contributed by atoms with van der Waals surface area (Å²) >= 11 is 5.51. The number of aromatic nitrogens is 1. The SMILES string of the molecule is Cc1cc(Br)cnc1N1CCSC(C)(C)C1. The molecule has 1 aromatic rings. The quantitative estimate of drug-likeness (QED) is 0.790. The first-order valence-electron chi connectivity index (χ1n) is 5.49. The topological polar surface area (TPSA) is 16.1 Å². The fraction of sp³-hybridized carbons (Fsp3) is 0.583. The van der Waals surface area contributed by atoms with E-state index >= 15 is 0 Å². The van der Waals surface area contributed by atoms with Gasteiger partial charge in [0, 0.05) is 34.3 Å². The van der Waals surface area contributed by atoms with Gasteiger partial charge in [-0.25, -0.2) is 4.98 Å². The van der Waals surface area contributed by atoms with Crippen molar-refractivity contribution in [1.82, 2.24) is 4.98 Å². The average Bonchev–Trinajstić information content (AvgIpc) is 2.15. The molecule has 1 aliphatic rings. The van der Waals surface area contributed by atoms with E-state index < -0.39 is 0 Å². The minimum absolute atomic E-state index is 0.333. The van der Waals surface area contributed by atoms with Gasteiger partial charge in [-0.05, 0) is 48.3 Å². The van der Waals surface area contributed by atoms with Crippen molar-refractivity contribution in [2.75, 3.05) is 23.7 Å². The first-order chi connectivity index (χ1) is 7.48. The van der Waals surface area contributed by atoms with Crippen molar-refractivity contribution in [3.05, 3.63) is 22.3 Å². The number of rotatable bonds is 1. The maximum atomic E-state index is 4.54. The Balaban J connectivity index is 2.23. The van der Waals surface area contributed by atoms with E-state index in [1.54, 1.807) is 0 Å². The predicted molar refractivity (Wildman–Crippen MR) is 75.4 cm³/mol. The molecule has 16 heavy (non-hydrogen) atoms. The van der Waals surface area contributed by atoms with Crippen LogP contribution in [0.15, 0.2) is 16.7 Å². The van der Waals surface area contributed by atoms with E-state index in [-0.39, 0.29) is 0 Å². The zero-order valence-corrected chi connectivity index (χ0v) is 12.4. The van der Waals surface area contributed by atoms with Gasteiger partial charge in [0.15, 0.2) is 0 Å². The van der Waals surface area contributed by atoms with E-state index in [1.807, 2.05) is 18.0 Å². The number of hydrogen-bond donors (Lipinski definition) is 0. The van der Waals surface area contributed by atoms with Crippen molar-refractivity contribution in [3.63, 3.8) is 0 Å². The third-order valence-corrected chi connectivity index (χ3v) is 4.47. The van der Waals surface area contributed by atoms with Crippen LogP contribution in [-0.2, 0) is 0 Å². The zero-order valence-electron chi connectivity index (χ0n) is 9.96. The van der Waals surface area contributed by atoms with Gasteiger partial charge in [0.05, 0.1) is 0 Å². The molecule has 1 aromatic heterocycles. The van der Waals surface area contributed by atoms with Gasteiger partial charge in [-0.1, -0.05) is 0 Å². The molecule has 1 fully saturated rings. The van der Waals surface area contributed by atoms with Crippen molar-refractivity contribution in [2.45, 2.75) is 25.5 Å². The predicted octanol–water partition coefficient (Wildman–Crippen LogP) is 3.48. The molecule has 0 saturated carbocycles. The van der Waals surface area contributed by atoms with E-state index in [0.717, 1.165) is 23.4 Å². The highest BCUT2D eigenvalue weighted by atomic mass is 79.9. The molecule has 4 heteroatoms. The molecule has 88 valence electrons. The number of halogens is 1. The van der Waals surface area contributed by atoms with Crippen LogP contribution in [-0.4, -0.2) is 28.6 Å². The first-order valence-corrected chi connectivity index (χ1v) is 7.27. The van der Waals surface area contributed by atoms with E-state index in [2.05, 4.69) is 52.7 Å². The second kappa shape index (κ2) is 4.57. The van der Waals surface area contributed by atoms with Gasteiger partial charge in [0.25, 0.3) is 0 Å². The highest BCUT2D eigenvalue weighted by molar-refractivity contribution is 9.10. The normalized spacial score (nSPS) is 19.9. The van der Waals surface area contributed by atoms with Gasteiger partial charge in [-0.2, -0.15) is 11.8 Å². The lowest BCUT2D eigenvalue weighted by molar-refractivity contribution is 0.641. The lowest BCUT2D eigenvalue weighted by Crippen LogP contribution is -2.43. The monoisotopic (exact) mass is 300 g/mol. The van der Waals surface area contributed by atoms with Crippen molar-refractivity contribution in [1.29, 1.82) is 0 Å². The second-order valence-corrected chi connectivity index (χ2v) is 7.54. The van der Waals surface area contributed by atoms with Crippen LogP contribution in [0.4, 0.5) is 5.82 Å². The maximum absolute atomic E-state index is 4.54. The third kappa shape index (κ3) is 2.72. The fourth-order valence-electron chi connectivity index (χ4n) is 2.06. The zero-order chi connectivity index (χ0) is 11.8. The Bertz CT molecular complexity index is 393. The molecule has 0 N–H and O–H groups in total. The van der Waals surface area contributed by atoms with E-state index in [0.29, 0.717) is 4.75 Å². The molecule has 0 bridgehead atoms. The van der Waals surface area contributed by atoms with Crippen molar-refractivity contribution < 1.29 is 0 Å². The second-order valence-electron chi connectivity index (χ2n) is 4.82. The lowest BCUT2D eigenvalue weighted by Gasteiger charge is -2.38. The summed E-state index contributed by atoms with van der Waals surface area (Å²) < 4.78 is 1.39. The molecule has 0 aromatic carbocycles. The van der Waals surface area contributed by atoms with Gasteiger partial charge < -0.3 is 4.90 Å². The summed E-state index contributed by atoms with van der Waals surface area (Å²) in [6, 6.07) is 2.14. The Morgan fingerprint density at radius 1 is 1.50 bits per heavy atom. The molecular weight excluding hydrogens is 284 g/mol. The van der Waals surface area contributed by atoms with Crippen molar-refractivity contribution in [3.8, 4) is 0 Å². The Labute approximate surface area is 110 Å². The number of aryl methyl sites for hydroxylation is 1. The Kier molecular flexibility index (Phi) is 3.50. The summed E-state index contributed by atoms with van der Waals surface area (Å²) in [7, 11) is 0. The third-order valence-electron chi connectivity index (χ3n) is 2.74. The van der Waals surface area contributed by atoms with Crippen LogP contribution >= 0.6 is 27.7 Å². The van der Waals surface area contributed by atoms with Gasteiger partial charge in [-0.15, -0.1) is 0 Å². The molecule has 1 saturated heterocycles. The summed E-state index contributed by atoms with van der Waals surface area (Å²) in [6.45, 7) is 8.91. The molecule has 0 amide bonds. The molecule has 0 radical (unpaired) electrons. The minimum Gasteiger partial charge on any atom is -0.354 e. The van der Waals surface area contributed by atoms with Crippen LogP contribution in [0.25, 0.3) is 0 Å². The van der Waals surface area contributed by atoms with Crippen LogP contribution in [0.5, 0.6) is 0 Å². The minimum atomic E-state index is 0.333. The van der Waals surface area contributed by atoms with Gasteiger partial charge in [-0.3, -0.25) is 0 Å². The maximum Gasteiger partial charge on any atom is 0.131 e. The molecule has 2 nitrogen and oxygen atoms in total. The summed E-state index contributed by atoms with van der Waals surface area (Å²) in [4.78, 5) is 6.94. The molecule has 0 atom stereocenters. The molecule has 2 heterocycles. The first kappa shape index (κ1) is 12.2. The van der Waals surface area contributed by atoms with Crippen LogP contribution in [0.1, 0.15) is 19.4 Å². The van der Waals surface area contributed by atoms with Crippen LogP contribution < -0.4 is 4.90 Å².